The highest BCUT2D eigenvalue weighted by atomic mass is 16.6. The molecule has 0 aromatic rings. The summed E-state index contributed by atoms with van der Waals surface area (Å²) in [5, 5.41) is 0. The zero-order valence-corrected chi connectivity index (χ0v) is 40.7. The number of hydrogen-bond donors (Lipinski definition) is 0. The number of carbonyl (C=O) groups is 2. The van der Waals surface area contributed by atoms with E-state index in [-0.39, 0.29) is 25.2 Å². The molecule has 0 amide bonds. The summed E-state index contributed by atoms with van der Waals surface area (Å²) < 4.78 is 17.4. The molecule has 0 saturated carbocycles. The van der Waals surface area contributed by atoms with Gasteiger partial charge in [0.1, 0.15) is 6.61 Å². The molecule has 0 heterocycles. The predicted molar refractivity (Wildman–Crippen MR) is 261 cm³/mol. The minimum atomic E-state index is -0.537. The summed E-state index contributed by atoms with van der Waals surface area (Å²) in [5.74, 6) is -0.400. The Kier molecular flexibility index (Phi) is 50.3. The molecule has 0 aromatic heterocycles. The largest absolute Gasteiger partial charge is 0.462 e. The first kappa shape index (κ1) is 58.4. The molecule has 0 aliphatic heterocycles. The van der Waals surface area contributed by atoms with Gasteiger partial charge in [0.25, 0.3) is 0 Å². The summed E-state index contributed by atoms with van der Waals surface area (Å²) in [6, 6.07) is 0. The van der Waals surface area contributed by atoms with Crippen molar-refractivity contribution in [3.63, 3.8) is 0 Å². The van der Waals surface area contributed by atoms with Gasteiger partial charge in [-0.1, -0.05) is 231 Å². The van der Waals surface area contributed by atoms with Crippen LogP contribution in [0.5, 0.6) is 0 Å². The quantitative estimate of drug-likeness (QED) is 0.0347. The number of rotatable bonds is 50. The molecule has 5 heteroatoms. The first-order valence-corrected chi connectivity index (χ1v) is 26.9. The van der Waals surface area contributed by atoms with Crippen LogP contribution in [0.4, 0.5) is 0 Å². The van der Waals surface area contributed by atoms with E-state index >= 15 is 0 Å². The fraction of sp³-hybridized carbons (Fsp3) is 0.891. The molecule has 0 fully saturated rings. The van der Waals surface area contributed by atoms with E-state index in [9.17, 15) is 9.59 Å². The van der Waals surface area contributed by atoms with Crippen LogP contribution in [0.3, 0.4) is 0 Å². The van der Waals surface area contributed by atoms with Crippen molar-refractivity contribution in [3.8, 4) is 0 Å². The van der Waals surface area contributed by atoms with Gasteiger partial charge in [-0.05, 0) is 70.6 Å². The first-order valence-electron chi connectivity index (χ1n) is 26.9. The van der Waals surface area contributed by atoms with E-state index in [2.05, 4.69) is 45.1 Å². The van der Waals surface area contributed by atoms with E-state index in [0.29, 0.717) is 19.4 Å². The Morgan fingerprint density at radius 3 is 1.03 bits per heavy atom. The summed E-state index contributed by atoms with van der Waals surface area (Å²) in [6.07, 6.45) is 60.4. The van der Waals surface area contributed by atoms with Crippen LogP contribution in [-0.2, 0) is 23.8 Å². The lowest BCUT2D eigenvalue weighted by Gasteiger charge is -2.18. The van der Waals surface area contributed by atoms with Crippen molar-refractivity contribution in [3.05, 3.63) is 24.3 Å². The normalized spacial score (nSPS) is 12.2. The van der Waals surface area contributed by atoms with Gasteiger partial charge in [-0.2, -0.15) is 0 Å². The lowest BCUT2D eigenvalue weighted by molar-refractivity contribution is -0.163. The van der Waals surface area contributed by atoms with Crippen molar-refractivity contribution in [1.82, 2.24) is 0 Å². The lowest BCUT2D eigenvalue weighted by atomic mass is 10.0. The number of hydrogen-bond acceptors (Lipinski definition) is 5. The van der Waals surface area contributed by atoms with Crippen LogP contribution in [0.15, 0.2) is 24.3 Å². The second kappa shape index (κ2) is 51.7. The van der Waals surface area contributed by atoms with Gasteiger partial charge >= 0.3 is 11.9 Å². The third kappa shape index (κ3) is 49.0. The average molecular weight is 845 g/mol. The van der Waals surface area contributed by atoms with Crippen LogP contribution >= 0.6 is 0 Å². The zero-order valence-electron chi connectivity index (χ0n) is 40.7. The molecule has 1 atom stereocenters. The maximum Gasteiger partial charge on any atom is 0.306 e. The molecule has 0 rings (SSSR count). The van der Waals surface area contributed by atoms with Crippen molar-refractivity contribution >= 4 is 11.9 Å². The standard InChI is InChI=1S/C55H104O5/c1-4-7-10-13-16-19-22-25-27-29-32-35-38-41-44-47-50-58-51-53(52-59-54(56)48-45-42-39-36-33-30-24-21-18-15-12-9-6-3)60-55(57)49-46-43-40-37-34-31-28-26-23-20-17-14-11-8-5-2/h21,24,26,28,53H,4-20,22-23,25,27,29-52H2,1-3H3/b24-21-,28-26-/t53-/m1/s1. The highest BCUT2D eigenvalue weighted by Crippen LogP contribution is 2.16. The molecule has 0 unspecified atom stereocenters. The number of ether oxygens (including phenoxy) is 3. The Labute approximate surface area is 375 Å². The van der Waals surface area contributed by atoms with E-state index in [1.54, 1.807) is 0 Å². The minimum absolute atomic E-state index is 0.0840. The van der Waals surface area contributed by atoms with Gasteiger partial charge in [-0.25, -0.2) is 0 Å². The zero-order chi connectivity index (χ0) is 43.5. The molecule has 0 aromatic carbocycles. The van der Waals surface area contributed by atoms with Crippen LogP contribution in [0, 0.1) is 0 Å². The number of esters is 2. The number of carbonyl (C=O) groups excluding carboxylic acids is 2. The van der Waals surface area contributed by atoms with Crippen molar-refractivity contribution in [2.75, 3.05) is 19.8 Å². The van der Waals surface area contributed by atoms with Crippen molar-refractivity contribution in [2.45, 2.75) is 297 Å². The molecular formula is C55H104O5. The minimum Gasteiger partial charge on any atom is -0.462 e. The third-order valence-corrected chi connectivity index (χ3v) is 12.0. The summed E-state index contributed by atoms with van der Waals surface area (Å²) in [5.41, 5.74) is 0. The van der Waals surface area contributed by atoms with Crippen molar-refractivity contribution in [2.24, 2.45) is 0 Å². The van der Waals surface area contributed by atoms with E-state index in [1.807, 2.05) is 0 Å². The fourth-order valence-electron chi connectivity index (χ4n) is 7.91. The van der Waals surface area contributed by atoms with Gasteiger partial charge in [0, 0.05) is 19.4 Å². The molecule has 5 nitrogen and oxygen atoms in total. The summed E-state index contributed by atoms with van der Waals surface area (Å²) in [4.78, 5) is 25.4. The van der Waals surface area contributed by atoms with Gasteiger partial charge in [-0.3, -0.25) is 9.59 Å². The average Bonchev–Trinajstić information content (AvgIpc) is 3.25. The summed E-state index contributed by atoms with van der Waals surface area (Å²) >= 11 is 0. The molecule has 0 bridgehead atoms. The van der Waals surface area contributed by atoms with Crippen LogP contribution in [0.25, 0.3) is 0 Å². The molecule has 0 N–H and O–H groups in total. The summed E-state index contributed by atoms with van der Waals surface area (Å²) in [6.45, 7) is 7.85. The first-order chi connectivity index (χ1) is 29.6. The predicted octanol–water partition coefficient (Wildman–Crippen LogP) is 18.0. The maximum atomic E-state index is 12.8. The Morgan fingerprint density at radius 1 is 0.350 bits per heavy atom. The fourth-order valence-corrected chi connectivity index (χ4v) is 7.91. The molecule has 0 spiro atoms. The number of allylic oxidation sites excluding steroid dienone is 4. The monoisotopic (exact) mass is 845 g/mol. The van der Waals surface area contributed by atoms with E-state index in [0.717, 1.165) is 57.8 Å². The Hall–Kier alpha value is -1.62. The van der Waals surface area contributed by atoms with Crippen LogP contribution < -0.4 is 0 Å². The highest BCUT2D eigenvalue weighted by molar-refractivity contribution is 5.70. The van der Waals surface area contributed by atoms with Crippen LogP contribution in [0.2, 0.25) is 0 Å². The second-order valence-electron chi connectivity index (χ2n) is 18.1. The van der Waals surface area contributed by atoms with Gasteiger partial charge in [0.15, 0.2) is 6.10 Å². The Balaban J connectivity index is 4.24. The molecule has 0 saturated heterocycles. The molecule has 60 heavy (non-hydrogen) atoms. The van der Waals surface area contributed by atoms with E-state index in [4.69, 9.17) is 14.2 Å². The topological polar surface area (TPSA) is 61.8 Å². The van der Waals surface area contributed by atoms with Crippen LogP contribution in [-0.4, -0.2) is 37.9 Å². The highest BCUT2D eigenvalue weighted by Gasteiger charge is 2.17. The van der Waals surface area contributed by atoms with Crippen molar-refractivity contribution in [1.29, 1.82) is 0 Å². The summed E-state index contributed by atoms with van der Waals surface area (Å²) in [7, 11) is 0. The molecule has 0 radical (unpaired) electrons. The third-order valence-electron chi connectivity index (χ3n) is 12.0. The van der Waals surface area contributed by atoms with Crippen LogP contribution in [0.1, 0.15) is 290 Å². The number of unbranched alkanes of at least 4 members (excludes halogenated alkanes) is 35. The molecule has 354 valence electrons. The molecule has 0 aliphatic rings. The molecular weight excluding hydrogens is 741 g/mol. The van der Waals surface area contributed by atoms with Gasteiger partial charge in [0.05, 0.1) is 6.61 Å². The Morgan fingerprint density at radius 2 is 0.650 bits per heavy atom. The molecule has 0 aliphatic carbocycles. The van der Waals surface area contributed by atoms with Gasteiger partial charge in [0.2, 0.25) is 0 Å². The Bertz CT molecular complexity index is 913. The van der Waals surface area contributed by atoms with Crippen molar-refractivity contribution < 1.29 is 23.8 Å². The second-order valence-corrected chi connectivity index (χ2v) is 18.1. The smallest absolute Gasteiger partial charge is 0.306 e. The van der Waals surface area contributed by atoms with E-state index < -0.39 is 6.10 Å². The maximum absolute atomic E-state index is 12.8. The van der Waals surface area contributed by atoms with Gasteiger partial charge < -0.3 is 14.2 Å². The van der Waals surface area contributed by atoms with Gasteiger partial charge in [-0.15, -0.1) is 0 Å². The SMILES string of the molecule is CCCCCC/C=C\CCCCCCCC(=O)OC[C@@H](COCCCCCCCCCCCCCCCCCC)OC(=O)CCCCCCC/C=C\CCCCCCCC. The lowest BCUT2D eigenvalue weighted by Crippen LogP contribution is -2.30. The van der Waals surface area contributed by atoms with E-state index in [1.165, 1.54) is 199 Å².